The molecule has 5 nitrogen and oxygen atoms in total. The van der Waals surface area contributed by atoms with Gasteiger partial charge < -0.3 is 5.32 Å². The van der Waals surface area contributed by atoms with Crippen LogP contribution < -0.4 is 10.0 Å². The van der Waals surface area contributed by atoms with E-state index in [1.54, 1.807) is 6.07 Å². The zero-order valence-corrected chi connectivity index (χ0v) is 14.8. The number of sulfonamides is 1. The van der Waals surface area contributed by atoms with Crippen LogP contribution in [0.1, 0.15) is 6.92 Å². The van der Waals surface area contributed by atoms with E-state index in [0.29, 0.717) is 5.69 Å². The fraction of sp³-hybridized carbons (Fsp3) is 0.105. The summed E-state index contributed by atoms with van der Waals surface area (Å²) in [4.78, 5) is 12.3. The van der Waals surface area contributed by atoms with Crippen LogP contribution in [0, 0.1) is 5.82 Å². The third-order valence-corrected chi connectivity index (χ3v) is 5.45. The summed E-state index contributed by atoms with van der Waals surface area (Å²) in [5.74, 6) is -1.03. The summed E-state index contributed by atoms with van der Waals surface area (Å²) < 4.78 is 39.9. The summed E-state index contributed by atoms with van der Waals surface area (Å²) in [5, 5.41) is 4.56. The van der Waals surface area contributed by atoms with E-state index in [4.69, 9.17) is 0 Å². The van der Waals surface area contributed by atoms with Crippen LogP contribution in [0.4, 0.5) is 10.1 Å². The molecule has 0 aromatic heterocycles. The molecular weight excluding hydrogens is 355 g/mol. The second kappa shape index (κ2) is 7.23. The van der Waals surface area contributed by atoms with Crippen LogP contribution in [-0.2, 0) is 14.8 Å². The lowest BCUT2D eigenvalue weighted by atomic mass is 10.1. The van der Waals surface area contributed by atoms with Crippen molar-refractivity contribution in [2.75, 3.05) is 5.32 Å². The highest BCUT2D eigenvalue weighted by Gasteiger charge is 2.22. The highest BCUT2D eigenvalue weighted by Crippen LogP contribution is 2.23. The molecule has 134 valence electrons. The first-order valence-corrected chi connectivity index (χ1v) is 9.42. The van der Waals surface area contributed by atoms with Crippen LogP contribution >= 0.6 is 0 Å². The number of benzene rings is 3. The molecule has 3 rings (SSSR count). The standard InChI is InChI=1S/C19H17FN2O3S/c1-13(22-26(24,25)16-11-9-15(20)10-12-16)19(23)21-18-8-4-6-14-5-2-3-7-17(14)18/h2-13,22H,1H3,(H,21,23)/t13-/m0/s1. The molecule has 3 aromatic carbocycles. The van der Waals surface area contributed by atoms with Crippen LogP contribution in [0.25, 0.3) is 10.8 Å². The maximum Gasteiger partial charge on any atom is 0.242 e. The molecular formula is C19H17FN2O3S. The van der Waals surface area contributed by atoms with E-state index in [0.717, 1.165) is 35.0 Å². The third kappa shape index (κ3) is 3.89. The van der Waals surface area contributed by atoms with Gasteiger partial charge in [0.25, 0.3) is 0 Å². The molecule has 26 heavy (non-hydrogen) atoms. The number of carbonyl (C=O) groups is 1. The Morgan fingerprint density at radius 3 is 2.35 bits per heavy atom. The monoisotopic (exact) mass is 372 g/mol. The Morgan fingerprint density at radius 1 is 0.962 bits per heavy atom. The predicted molar refractivity (Wildman–Crippen MR) is 98.8 cm³/mol. The zero-order chi connectivity index (χ0) is 18.7. The van der Waals surface area contributed by atoms with Gasteiger partial charge in [0, 0.05) is 11.1 Å². The Bertz CT molecular complexity index is 1040. The number of amides is 1. The zero-order valence-electron chi connectivity index (χ0n) is 13.9. The van der Waals surface area contributed by atoms with Gasteiger partial charge in [0.2, 0.25) is 15.9 Å². The van der Waals surface area contributed by atoms with Crippen molar-refractivity contribution in [3.63, 3.8) is 0 Å². The van der Waals surface area contributed by atoms with Gasteiger partial charge in [0.05, 0.1) is 10.9 Å². The first-order chi connectivity index (χ1) is 12.4. The molecule has 1 amide bonds. The molecule has 0 radical (unpaired) electrons. The van der Waals surface area contributed by atoms with Crippen LogP contribution in [-0.4, -0.2) is 20.4 Å². The van der Waals surface area contributed by atoms with E-state index in [1.807, 2.05) is 36.4 Å². The van der Waals surface area contributed by atoms with E-state index in [-0.39, 0.29) is 4.90 Å². The Morgan fingerprint density at radius 2 is 1.62 bits per heavy atom. The molecule has 0 heterocycles. The van der Waals surface area contributed by atoms with Gasteiger partial charge in [-0.1, -0.05) is 36.4 Å². The molecule has 2 N–H and O–H groups in total. The van der Waals surface area contributed by atoms with Gasteiger partial charge in [-0.25, -0.2) is 12.8 Å². The minimum Gasteiger partial charge on any atom is -0.324 e. The largest absolute Gasteiger partial charge is 0.324 e. The Labute approximate surface area is 150 Å². The topological polar surface area (TPSA) is 75.3 Å². The molecule has 0 unspecified atom stereocenters. The number of anilines is 1. The van der Waals surface area contributed by atoms with Crippen LogP contribution in [0.15, 0.2) is 71.6 Å². The first-order valence-electron chi connectivity index (χ1n) is 7.93. The van der Waals surface area contributed by atoms with Gasteiger partial charge in [-0.15, -0.1) is 0 Å². The van der Waals surface area contributed by atoms with Gasteiger partial charge in [0.1, 0.15) is 5.82 Å². The Balaban J connectivity index is 1.76. The number of fused-ring (bicyclic) bond motifs is 1. The fourth-order valence-corrected chi connectivity index (χ4v) is 3.75. The van der Waals surface area contributed by atoms with Gasteiger partial charge in [-0.3, -0.25) is 4.79 Å². The lowest BCUT2D eigenvalue weighted by Gasteiger charge is -2.15. The van der Waals surface area contributed by atoms with Crippen molar-refractivity contribution in [3.05, 3.63) is 72.5 Å². The van der Waals surface area contributed by atoms with Gasteiger partial charge in [-0.2, -0.15) is 4.72 Å². The van der Waals surface area contributed by atoms with E-state index in [2.05, 4.69) is 10.0 Å². The van der Waals surface area contributed by atoms with E-state index in [9.17, 15) is 17.6 Å². The second-order valence-corrected chi connectivity index (χ2v) is 7.53. The van der Waals surface area contributed by atoms with Crippen LogP contribution in [0.2, 0.25) is 0 Å². The number of carbonyl (C=O) groups excluding carboxylic acids is 1. The molecule has 0 aliphatic rings. The van der Waals surface area contributed by atoms with Crippen molar-refractivity contribution >= 4 is 32.4 Å². The summed E-state index contributed by atoms with van der Waals surface area (Å²) >= 11 is 0. The first kappa shape index (κ1) is 18.0. The van der Waals surface area contributed by atoms with Gasteiger partial charge in [-0.05, 0) is 42.6 Å². The number of nitrogens with one attached hydrogen (secondary N) is 2. The molecule has 0 fully saturated rings. The normalized spacial score (nSPS) is 12.7. The van der Waals surface area contributed by atoms with Crippen molar-refractivity contribution in [2.45, 2.75) is 17.9 Å². The van der Waals surface area contributed by atoms with Crippen molar-refractivity contribution in [1.29, 1.82) is 0 Å². The molecule has 3 aromatic rings. The average Bonchev–Trinajstić information content (AvgIpc) is 2.62. The number of halogens is 1. The minimum atomic E-state index is -3.93. The van der Waals surface area contributed by atoms with Crippen molar-refractivity contribution in [2.24, 2.45) is 0 Å². The number of rotatable bonds is 5. The number of hydrogen-bond acceptors (Lipinski definition) is 3. The minimum absolute atomic E-state index is 0.108. The van der Waals surface area contributed by atoms with Crippen LogP contribution in [0.3, 0.4) is 0 Å². The molecule has 0 saturated carbocycles. The average molecular weight is 372 g/mol. The van der Waals surface area contributed by atoms with Crippen molar-refractivity contribution in [3.8, 4) is 0 Å². The fourth-order valence-electron chi connectivity index (χ4n) is 2.54. The summed E-state index contributed by atoms with van der Waals surface area (Å²) in [6, 6.07) is 16.4. The molecule has 0 spiro atoms. The van der Waals surface area contributed by atoms with Gasteiger partial charge >= 0.3 is 0 Å². The third-order valence-electron chi connectivity index (χ3n) is 3.90. The Kier molecular flexibility index (Phi) is 5.01. The smallest absolute Gasteiger partial charge is 0.242 e. The molecule has 0 bridgehead atoms. The Hall–Kier alpha value is -2.77. The summed E-state index contributed by atoms with van der Waals surface area (Å²) in [5.41, 5.74) is 0.598. The van der Waals surface area contributed by atoms with Gasteiger partial charge in [0.15, 0.2) is 0 Å². The van der Waals surface area contributed by atoms with E-state index in [1.165, 1.54) is 6.92 Å². The summed E-state index contributed by atoms with van der Waals surface area (Å²) in [6.07, 6.45) is 0. The molecule has 0 aliphatic heterocycles. The second-order valence-electron chi connectivity index (χ2n) is 5.81. The lowest BCUT2D eigenvalue weighted by Crippen LogP contribution is -2.41. The SMILES string of the molecule is C[C@H](NS(=O)(=O)c1ccc(F)cc1)C(=O)Nc1cccc2ccccc12. The highest BCUT2D eigenvalue weighted by molar-refractivity contribution is 7.89. The summed E-state index contributed by atoms with van der Waals surface area (Å²) in [6.45, 7) is 1.45. The molecule has 7 heteroatoms. The quantitative estimate of drug-likeness (QED) is 0.722. The van der Waals surface area contributed by atoms with Crippen LogP contribution in [0.5, 0.6) is 0 Å². The van der Waals surface area contributed by atoms with E-state index >= 15 is 0 Å². The molecule has 0 aliphatic carbocycles. The predicted octanol–water partition coefficient (Wildman–Crippen LogP) is 3.28. The lowest BCUT2D eigenvalue weighted by molar-refractivity contribution is -0.117. The maximum atomic E-state index is 13.0. The molecule has 1 atom stereocenters. The highest BCUT2D eigenvalue weighted by atomic mass is 32.2. The van der Waals surface area contributed by atoms with E-state index < -0.39 is 27.8 Å². The number of hydrogen-bond donors (Lipinski definition) is 2. The summed E-state index contributed by atoms with van der Waals surface area (Å²) in [7, 11) is -3.93. The maximum absolute atomic E-state index is 13.0. The van der Waals surface area contributed by atoms with Crippen molar-refractivity contribution < 1.29 is 17.6 Å². The van der Waals surface area contributed by atoms with Crippen molar-refractivity contribution in [1.82, 2.24) is 4.72 Å². The molecule has 0 saturated heterocycles.